The predicted octanol–water partition coefficient (Wildman–Crippen LogP) is 1.47. The van der Waals surface area contributed by atoms with Gasteiger partial charge >= 0.3 is 0 Å². The highest BCUT2D eigenvalue weighted by molar-refractivity contribution is 5.81. The first kappa shape index (κ1) is 18.9. The Labute approximate surface area is 161 Å². The van der Waals surface area contributed by atoms with Gasteiger partial charge in [-0.1, -0.05) is 0 Å². The van der Waals surface area contributed by atoms with Crippen molar-refractivity contribution in [2.24, 2.45) is 12.5 Å². The molecule has 1 spiro atoms. The molecule has 0 radical (unpaired) electrons. The largest absolute Gasteiger partial charge is 0.376 e. The minimum Gasteiger partial charge on any atom is -0.376 e. The summed E-state index contributed by atoms with van der Waals surface area (Å²) in [4.78, 5) is 19.8. The molecule has 3 unspecified atom stereocenters. The van der Waals surface area contributed by atoms with E-state index in [0.717, 1.165) is 57.6 Å². The van der Waals surface area contributed by atoms with Crippen molar-refractivity contribution in [1.82, 2.24) is 19.8 Å². The summed E-state index contributed by atoms with van der Waals surface area (Å²) < 4.78 is 13.5. The molecule has 7 nitrogen and oxygen atoms in total. The Morgan fingerprint density at radius 1 is 1.52 bits per heavy atom. The number of hydrogen-bond acceptors (Lipinski definition) is 5. The highest BCUT2D eigenvalue weighted by Crippen LogP contribution is 2.56. The fraction of sp³-hybridized carbons (Fsp3) is 0.800. The normalized spacial score (nSPS) is 27.6. The van der Waals surface area contributed by atoms with Crippen molar-refractivity contribution in [2.45, 2.75) is 63.8 Å². The molecule has 0 bridgehead atoms. The molecule has 150 valence electrons. The summed E-state index contributed by atoms with van der Waals surface area (Å²) in [5, 5.41) is 3.44. The zero-order valence-electron chi connectivity index (χ0n) is 16.5. The van der Waals surface area contributed by atoms with E-state index in [1.807, 2.05) is 29.6 Å². The standard InChI is InChI=1S/C20H32N4O3/c1-15(27-14-16-4-3-11-26-16)19(25)24(13-18-22-9-10-23(18)2)17-12-20(17)5-7-21-8-6-20/h9-10,15-17,21H,3-8,11-14H2,1-2H3. The zero-order valence-corrected chi connectivity index (χ0v) is 16.5. The Bertz CT molecular complexity index is 649. The third-order valence-corrected chi connectivity index (χ3v) is 6.54. The van der Waals surface area contributed by atoms with Crippen molar-refractivity contribution in [1.29, 1.82) is 0 Å². The van der Waals surface area contributed by atoms with Crippen molar-refractivity contribution in [3.8, 4) is 0 Å². The van der Waals surface area contributed by atoms with Crippen LogP contribution in [-0.4, -0.2) is 64.9 Å². The third kappa shape index (κ3) is 4.05. The van der Waals surface area contributed by atoms with Crippen LogP contribution in [0.5, 0.6) is 0 Å². The van der Waals surface area contributed by atoms with Crippen LogP contribution < -0.4 is 5.32 Å². The van der Waals surface area contributed by atoms with Crippen LogP contribution in [0.4, 0.5) is 0 Å². The highest BCUT2D eigenvalue weighted by atomic mass is 16.5. The van der Waals surface area contributed by atoms with Gasteiger partial charge in [0.05, 0.1) is 19.3 Å². The van der Waals surface area contributed by atoms with E-state index in [1.54, 1.807) is 6.20 Å². The molecule has 3 atom stereocenters. The number of nitrogens with zero attached hydrogens (tertiary/aromatic N) is 3. The average Bonchev–Trinajstić information content (AvgIpc) is 3.05. The topological polar surface area (TPSA) is 68.6 Å². The number of amides is 1. The average molecular weight is 377 g/mol. The van der Waals surface area contributed by atoms with Crippen LogP contribution in [0.1, 0.15) is 44.9 Å². The molecule has 2 aliphatic heterocycles. The van der Waals surface area contributed by atoms with Crippen LogP contribution in [0.3, 0.4) is 0 Å². The minimum absolute atomic E-state index is 0.0800. The highest BCUT2D eigenvalue weighted by Gasteiger charge is 2.58. The van der Waals surface area contributed by atoms with E-state index >= 15 is 0 Å². The van der Waals surface area contributed by atoms with E-state index in [9.17, 15) is 4.79 Å². The maximum atomic E-state index is 13.3. The second-order valence-electron chi connectivity index (χ2n) is 8.36. The fourth-order valence-corrected chi connectivity index (χ4v) is 4.60. The minimum atomic E-state index is -0.450. The summed E-state index contributed by atoms with van der Waals surface area (Å²) in [6, 6.07) is 0.303. The third-order valence-electron chi connectivity index (χ3n) is 6.54. The molecule has 1 aromatic heterocycles. The number of nitrogens with one attached hydrogen (secondary N) is 1. The Hall–Kier alpha value is -1.44. The molecule has 4 rings (SSSR count). The maximum absolute atomic E-state index is 13.3. The summed E-state index contributed by atoms with van der Waals surface area (Å²) in [6.45, 7) is 5.83. The molecule has 27 heavy (non-hydrogen) atoms. The van der Waals surface area contributed by atoms with Crippen LogP contribution in [0.15, 0.2) is 12.4 Å². The molecular weight excluding hydrogens is 344 g/mol. The molecule has 1 N–H and O–H groups in total. The van der Waals surface area contributed by atoms with Crippen molar-refractivity contribution < 1.29 is 14.3 Å². The van der Waals surface area contributed by atoms with E-state index in [-0.39, 0.29) is 12.0 Å². The Balaban J connectivity index is 1.43. The van der Waals surface area contributed by atoms with E-state index in [1.165, 1.54) is 0 Å². The van der Waals surface area contributed by atoms with Crippen LogP contribution in [0.25, 0.3) is 0 Å². The number of carbonyl (C=O) groups is 1. The van der Waals surface area contributed by atoms with E-state index in [4.69, 9.17) is 9.47 Å². The molecule has 1 saturated carbocycles. The Morgan fingerprint density at radius 3 is 3.00 bits per heavy atom. The quantitative estimate of drug-likeness (QED) is 0.781. The Morgan fingerprint density at radius 2 is 2.33 bits per heavy atom. The van der Waals surface area contributed by atoms with Gasteiger partial charge in [-0.3, -0.25) is 4.79 Å². The van der Waals surface area contributed by atoms with E-state index < -0.39 is 6.10 Å². The maximum Gasteiger partial charge on any atom is 0.252 e. The molecule has 3 aliphatic rings. The summed E-state index contributed by atoms with van der Waals surface area (Å²) >= 11 is 0. The zero-order chi connectivity index (χ0) is 18.9. The Kier molecular flexibility index (Phi) is 5.53. The van der Waals surface area contributed by atoms with Crippen LogP contribution in [0.2, 0.25) is 0 Å². The lowest BCUT2D eigenvalue weighted by Crippen LogP contribution is -2.44. The number of aryl methyl sites for hydroxylation is 1. The van der Waals surface area contributed by atoms with Gasteiger partial charge in [-0.05, 0) is 57.5 Å². The van der Waals surface area contributed by atoms with Crippen molar-refractivity contribution in [2.75, 3.05) is 26.3 Å². The molecule has 7 heteroatoms. The van der Waals surface area contributed by atoms with Gasteiger partial charge < -0.3 is 24.3 Å². The summed E-state index contributed by atoms with van der Waals surface area (Å²) in [6.07, 6.45) is 8.92. The van der Waals surface area contributed by atoms with Gasteiger partial charge in [0.2, 0.25) is 0 Å². The van der Waals surface area contributed by atoms with Crippen molar-refractivity contribution in [3.63, 3.8) is 0 Å². The summed E-state index contributed by atoms with van der Waals surface area (Å²) in [5.41, 5.74) is 0.292. The van der Waals surface area contributed by atoms with Gasteiger partial charge in [0.25, 0.3) is 5.91 Å². The lowest BCUT2D eigenvalue weighted by atomic mass is 9.93. The van der Waals surface area contributed by atoms with Gasteiger partial charge in [-0.25, -0.2) is 4.98 Å². The monoisotopic (exact) mass is 376 g/mol. The molecule has 0 aromatic carbocycles. The molecule has 1 aliphatic carbocycles. The number of carbonyl (C=O) groups excluding carboxylic acids is 1. The van der Waals surface area contributed by atoms with E-state index in [2.05, 4.69) is 10.3 Å². The number of ether oxygens (including phenoxy) is 2. The number of piperidine rings is 1. The SMILES string of the molecule is CC(OCC1CCCO1)C(=O)N(Cc1nccn1C)C1CC12CCNCC2. The summed E-state index contributed by atoms with van der Waals surface area (Å²) in [7, 11) is 1.98. The van der Waals surface area contributed by atoms with Crippen LogP contribution in [0, 0.1) is 5.41 Å². The van der Waals surface area contributed by atoms with Gasteiger partial charge in [-0.15, -0.1) is 0 Å². The molecule has 1 aromatic rings. The molecule has 3 fully saturated rings. The summed E-state index contributed by atoms with van der Waals surface area (Å²) in [5.74, 6) is 1.00. The van der Waals surface area contributed by atoms with Crippen molar-refractivity contribution in [3.05, 3.63) is 18.2 Å². The number of imidazole rings is 1. The molecule has 3 heterocycles. The molecular formula is C20H32N4O3. The first-order chi connectivity index (χ1) is 13.1. The first-order valence-electron chi connectivity index (χ1n) is 10.3. The lowest BCUT2D eigenvalue weighted by Gasteiger charge is -2.31. The van der Waals surface area contributed by atoms with Crippen LogP contribution >= 0.6 is 0 Å². The second-order valence-corrected chi connectivity index (χ2v) is 8.36. The van der Waals surface area contributed by atoms with Crippen molar-refractivity contribution >= 4 is 5.91 Å². The fourth-order valence-electron chi connectivity index (χ4n) is 4.60. The smallest absolute Gasteiger partial charge is 0.252 e. The molecule has 2 saturated heterocycles. The second kappa shape index (κ2) is 7.89. The van der Waals surface area contributed by atoms with E-state index in [0.29, 0.717) is 24.6 Å². The molecule has 1 amide bonds. The van der Waals surface area contributed by atoms with Gasteiger partial charge in [0.15, 0.2) is 0 Å². The predicted molar refractivity (Wildman–Crippen MR) is 101 cm³/mol. The first-order valence-corrected chi connectivity index (χ1v) is 10.3. The number of aromatic nitrogens is 2. The van der Waals surface area contributed by atoms with Crippen LogP contribution in [-0.2, 0) is 27.9 Å². The number of rotatable bonds is 7. The number of hydrogen-bond donors (Lipinski definition) is 1. The lowest BCUT2D eigenvalue weighted by molar-refractivity contribution is -0.146. The van der Waals surface area contributed by atoms with Gasteiger partial charge in [0.1, 0.15) is 11.9 Å². The van der Waals surface area contributed by atoms with Gasteiger partial charge in [-0.2, -0.15) is 0 Å². The van der Waals surface area contributed by atoms with Gasteiger partial charge in [0, 0.05) is 32.1 Å².